The molecular formula is C23H22ClN3O2. The predicted octanol–water partition coefficient (Wildman–Crippen LogP) is 4.96. The van der Waals surface area contributed by atoms with Crippen molar-refractivity contribution in [1.82, 2.24) is 0 Å². The monoisotopic (exact) mass is 407 g/mol. The fourth-order valence-corrected chi connectivity index (χ4v) is 2.94. The summed E-state index contributed by atoms with van der Waals surface area (Å²) in [4.78, 5) is 24.1. The third-order valence-electron chi connectivity index (χ3n) is 4.21. The molecule has 6 heteroatoms. The molecule has 3 N–H and O–H groups in total. The van der Waals surface area contributed by atoms with E-state index in [1.807, 2.05) is 42.5 Å². The maximum atomic E-state index is 12.1. The van der Waals surface area contributed by atoms with Gasteiger partial charge in [0.2, 0.25) is 11.8 Å². The van der Waals surface area contributed by atoms with Gasteiger partial charge in [-0.2, -0.15) is 0 Å². The van der Waals surface area contributed by atoms with Crippen LogP contribution in [0.1, 0.15) is 12.0 Å². The first-order valence-electron chi connectivity index (χ1n) is 9.31. The first kappa shape index (κ1) is 20.4. The molecule has 3 rings (SSSR count). The van der Waals surface area contributed by atoms with Crippen LogP contribution in [0.2, 0.25) is 5.02 Å². The number of carbonyl (C=O) groups is 2. The molecule has 0 aliphatic rings. The number of aryl methyl sites for hydroxylation is 1. The molecule has 0 saturated heterocycles. The molecule has 5 nitrogen and oxygen atoms in total. The fourth-order valence-electron chi connectivity index (χ4n) is 2.75. The Bertz CT molecular complexity index is 959. The van der Waals surface area contributed by atoms with Crippen LogP contribution >= 0.6 is 11.6 Å². The normalized spacial score (nSPS) is 10.2. The molecule has 0 spiro atoms. The number of rotatable bonds is 8. The summed E-state index contributed by atoms with van der Waals surface area (Å²) in [6, 6.07) is 24.1. The maximum Gasteiger partial charge on any atom is 0.243 e. The van der Waals surface area contributed by atoms with E-state index >= 15 is 0 Å². The van der Waals surface area contributed by atoms with E-state index in [-0.39, 0.29) is 18.4 Å². The highest BCUT2D eigenvalue weighted by Gasteiger charge is 2.05. The number of benzene rings is 3. The number of carbonyl (C=O) groups excluding carboxylic acids is 2. The third-order valence-corrected chi connectivity index (χ3v) is 4.45. The zero-order valence-electron chi connectivity index (χ0n) is 15.8. The Morgan fingerprint density at radius 2 is 1.41 bits per heavy atom. The lowest BCUT2D eigenvalue weighted by Gasteiger charge is -2.10. The van der Waals surface area contributed by atoms with Crippen molar-refractivity contribution in [2.24, 2.45) is 0 Å². The fraction of sp³-hybridized carbons (Fsp3) is 0.130. The van der Waals surface area contributed by atoms with Gasteiger partial charge < -0.3 is 16.0 Å². The summed E-state index contributed by atoms with van der Waals surface area (Å²) < 4.78 is 0. The molecule has 0 aromatic heterocycles. The minimum Gasteiger partial charge on any atom is -0.376 e. The maximum absolute atomic E-state index is 12.1. The summed E-state index contributed by atoms with van der Waals surface area (Å²) in [6.45, 7) is 0.120. The van der Waals surface area contributed by atoms with Gasteiger partial charge in [-0.15, -0.1) is 0 Å². The van der Waals surface area contributed by atoms with Crippen LogP contribution < -0.4 is 16.0 Å². The van der Waals surface area contributed by atoms with Crippen molar-refractivity contribution in [2.45, 2.75) is 12.8 Å². The summed E-state index contributed by atoms with van der Waals surface area (Å²) in [6.07, 6.45) is 1.13. The van der Waals surface area contributed by atoms with Crippen molar-refractivity contribution in [3.63, 3.8) is 0 Å². The summed E-state index contributed by atoms with van der Waals surface area (Å²) >= 11 is 5.91. The van der Waals surface area contributed by atoms with Gasteiger partial charge >= 0.3 is 0 Å². The molecule has 0 radical (unpaired) electrons. The second kappa shape index (κ2) is 10.3. The molecule has 0 heterocycles. The SMILES string of the molecule is O=C(CCc1ccccc1)Nc1ccc(NCC(=O)Nc2cccc(Cl)c2)cc1. The highest BCUT2D eigenvalue weighted by atomic mass is 35.5. The Morgan fingerprint density at radius 3 is 2.14 bits per heavy atom. The summed E-state index contributed by atoms with van der Waals surface area (Å²) in [5.41, 5.74) is 3.29. The van der Waals surface area contributed by atoms with Crippen molar-refractivity contribution in [3.05, 3.63) is 89.4 Å². The Labute approximate surface area is 175 Å². The van der Waals surface area contributed by atoms with E-state index in [1.165, 1.54) is 0 Å². The number of hydrogen-bond acceptors (Lipinski definition) is 3. The smallest absolute Gasteiger partial charge is 0.243 e. The van der Waals surface area contributed by atoms with Crippen molar-refractivity contribution >= 4 is 40.5 Å². The Morgan fingerprint density at radius 1 is 0.724 bits per heavy atom. The van der Waals surface area contributed by atoms with Gasteiger partial charge in [0.15, 0.2) is 0 Å². The largest absolute Gasteiger partial charge is 0.376 e. The number of hydrogen-bond donors (Lipinski definition) is 3. The Kier molecular flexibility index (Phi) is 7.25. The molecular weight excluding hydrogens is 386 g/mol. The van der Waals surface area contributed by atoms with Crippen molar-refractivity contribution in [1.29, 1.82) is 0 Å². The molecule has 3 aromatic rings. The lowest BCUT2D eigenvalue weighted by molar-refractivity contribution is -0.116. The molecule has 0 aliphatic carbocycles. The zero-order chi connectivity index (χ0) is 20.5. The molecule has 0 saturated carbocycles. The minimum atomic E-state index is -0.175. The minimum absolute atomic E-state index is 0.0320. The summed E-state index contributed by atoms with van der Waals surface area (Å²) in [7, 11) is 0. The standard InChI is InChI=1S/C23H22ClN3O2/c24-18-7-4-8-21(15-18)27-23(29)16-25-19-10-12-20(13-11-19)26-22(28)14-9-17-5-2-1-3-6-17/h1-8,10-13,15,25H,9,14,16H2,(H,26,28)(H,27,29). The lowest BCUT2D eigenvalue weighted by Crippen LogP contribution is -2.21. The topological polar surface area (TPSA) is 70.2 Å². The molecule has 2 amide bonds. The zero-order valence-corrected chi connectivity index (χ0v) is 16.6. The second-order valence-electron chi connectivity index (χ2n) is 6.52. The van der Waals surface area contributed by atoms with Crippen LogP contribution in [0.3, 0.4) is 0 Å². The average molecular weight is 408 g/mol. The van der Waals surface area contributed by atoms with Crippen molar-refractivity contribution < 1.29 is 9.59 Å². The quantitative estimate of drug-likeness (QED) is 0.494. The molecule has 0 bridgehead atoms. The molecule has 0 aliphatic heterocycles. The first-order chi connectivity index (χ1) is 14.1. The Balaban J connectivity index is 1.42. The van der Waals surface area contributed by atoms with E-state index in [2.05, 4.69) is 16.0 Å². The van der Waals surface area contributed by atoms with E-state index < -0.39 is 0 Å². The van der Waals surface area contributed by atoms with Gasteiger partial charge in [0.05, 0.1) is 6.54 Å². The number of nitrogens with one attached hydrogen (secondary N) is 3. The van der Waals surface area contributed by atoms with Crippen LogP contribution in [0.25, 0.3) is 0 Å². The molecule has 0 fully saturated rings. The molecule has 3 aromatic carbocycles. The molecule has 29 heavy (non-hydrogen) atoms. The van der Waals surface area contributed by atoms with Gasteiger partial charge in [-0.05, 0) is 54.4 Å². The van der Waals surface area contributed by atoms with Crippen LogP contribution in [0.4, 0.5) is 17.1 Å². The van der Waals surface area contributed by atoms with Crippen LogP contribution in [0.15, 0.2) is 78.9 Å². The van der Waals surface area contributed by atoms with Crippen LogP contribution in [0, 0.1) is 0 Å². The van der Waals surface area contributed by atoms with Crippen molar-refractivity contribution in [3.8, 4) is 0 Å². The van der Waals surface area contributed by atoms with E-state index in [0.29, 0.717) is 23.6 Å². The Hall–Kier alpha value is -3.31. The molecule has 0 unspecified atom stereocenters. The van der Waals surface area contributed by atoms with Gasteiger partial charge in [-0.1, -0.05) is 48.0 Å². The van der Waals surface area contributed by atoms with Gasteiger partial charge in [-0.3, -0.25) is 9.59 Å². The summed E-state index contributed by atoms with van der Waals surface area (Å²) in [5, 5.41) is 9.27. The lowest BCUT2D eigenvalue weighted by atomic mass is 10.1. The second-order valence-corrected chi connectivity index (χ2v) is 6.96. The van der Waals surface area contributed by atoms with Gasteiger partial charge in [0.1, 0.15) is 0 Å². The van der Waals surface area contributed by atoms with Crippen LogP contribution in [-0.4, -0.2) is 18.4 Å². The van der Waals surface area contributed by atoms with Gasteiger partial charge in [0.25, 0.3) is 0 Å². The van der Waals surface area contributed by atoms with E-state index in [4.69, 9.17) is 11.6 Å². The highest BCUT2D eigenvalue weighted by molar-refractivity contribution is 6.30. The number of halogens is 1. The number of anilines is 3. The van der Waals surface area contributed by atoms with Crippen LogP contribution in [0.5, 0.6) is 0 Å². The number of amides is 2. The predicted molar refractivity (Wildman–Crippen MR) is 118 cm³/mol. The highest BCUT2D eigenvalue weighted by Crippen LogP contribution is 2.16. The van der Waals surface area contributed by atoms with E-state index in [0.717, 1.165) is 16.9 Å². The summed E-state index contributed by atoms with van der Waals surface area (Å²) in [5.74, 6) is -0.207. The molecule has 0 atom stereocenters. The first-order valence-corrected chi connectivity index (χ1v) is 9.69. The molecule has 148 valence electrons. The third kappa shape index (κ3) is 6.97. The average Bonchev–Trinajstić information content (AvgIpc) is 2.72. The van der Waals surface area contributed by atoms with E-state index in [9.17, 15) is 9.59 Å². The van der Waals surface area contributed by atoms with Crippen LogP contribution in [-0.2, 0) is 16.0 Å². The van der Waals surface area contributed by atoms with E-state index in [1.54, 1.807) is 36.4 Å². The van der Waals surface area contributed by atoms with Gasteiger partial charge in [0, 0.05) is 28.5 Å². The van der Waals surface area contributed by atoms with Gasteiger partial charge in [-0.25, -0.2) is 0 Å². The van der Waals surface area contributed by atoms with Crippen molar-refractivity contribution in [2.75, 3.05) is 22.5 Å².